The minimum absolute atomic E-state index is 0.112. The van der Waals surface area contributed by atoms with E-state index >= 15 is 0 Å². The monoisotopic (exact) mass is 457 g/mol. The Morgan fingerprint density at radius 2 is 1.96 bits per heavy atom. The molecule has 0 saturated carbocycles. The third-order valence-electron chi connectivity index (χ3n) is 5.06. The quantitative estimate of drug-likeness (QED) is 0.107. The SMILES string of the molecule is CC[Si](C#C[C@]1(C)C[C@H](N=[N+]=[N-])C=C[C@@H]1C=C(Br)Br)(CC)CC. The number of nitrogens with zero attached hydrogens (tertiary/aromatic N) is 3. The van der Waals surface area contributed by atoms with E-state index in [1.807, 2.05) is 6.08 Å². The predicted octanol–water partition coefficient (Wildman–Crippen LogP) is 6.93. The fourth-order valence-electron chi connectivity index (χ4n) is 3.04. The zero-order valence-electron chi connectivity index (χ0n) is 14.3. The molecule has 0 radical (unpaired) electrons. The topological polar surface area (TPSA) is 48.8 Å². The van der Waals surface area contributed by atoms with Crippen LogP contribution >= 0.6 is 31.9 Å². The molecule has 0 bridgehead atoms. The molecule has 1 aliphatic rings. The first-order valence-electron chi connectivity index (χ1n) is 8.14. The van der Waals surface area contributed by atoms with Crippen LogP contribution in [-0.4, -0.2) is 14.1 Å². The van der Waals surface area contributed by atoms with Gasteiger partial charge in [-0.1, -0.05) is 44.1 Å². The molecule has 0 aliphatic heterocycles. The second-order valence-electron chi connectivity index (χ2n) is 6.35. The molecule has 0 saturated heterocycles. The molecule has 0 unspecified atom stereocenters. The Hall–Kier alpha value is -0.473. The first-order valence-corrected chi connectivity index (χ1v) is 12.3. The number of hydrogen-bond donors (Lipinski definition) is 0. The molecule has 3 atom stereocenters. The van der Waals surface area contributed by atoms with Crippen molar-refractivity contribution in [3.05, 3.63) is 32.1 Å². The van der Waals surface area contributed by atoms with Crippen LogP contribution in [0, 0.1) is 22.8 Å². The van der Waals surface area contributed by atoms with Gasteiger partial charge in [-0.15, -0.1) is 11.5 Å². The highest BCUT2D eigenvalue weighted by molar-refractivity contribution is 9.28. The molecule has 23 heavy (non-hydrogen) atoms. The molecule has 0 heterocycles. The lowest BCUT2D eigenvalue weighted by atomic mass is 9.70. The number of halogens is 2. The summed E-state index contributed by atoms with van der Waals surface area (Å²) in [5, 5.41) is 3.89. The third-order valence-corrected chi connectivity index (χ3v) is 10.3. The van der Waals surface area contributed by atoms with E-state index in [-0.39, 0.29) is 17.4 Å². The summed E-state index contributed by atoms with van der Waals surface area (Å²) in [7, 11) is -1.49. The first kappa shape index (κ1) is 20.6. The summed E-state index contributed by atoms with van der Waals surface area (Å²) < 4.78 is 0.930. The first-order chi connectivity index (χ1) is 10.8. The van der Waals surface area contributed by atoms with E-state index in [4.69, 9.17) is 5.53 Å². The highest BCUT2D eigenvalue weighted by Gasteiger charge is 2.36. The van der Waals surface area contributed by atoms with Crippen LogP contribution in [0.2, 0.25) is 18.1 Å². The number of azide groups is 1. The zero-order chi connectivity index (χ0) is 17.5. The van der Waals surface area contributed by atoms with Gasteiger partial charge in [-0.3, -0.25) is 0 Å². The lowest BCUT2D eigenvalue weighted by Gasteiger charge is -2.35. The van der Waals surface area contributed by atoms with Crippen molar-refractivity contribution in [1.82, 2.24) is 0 Å². The Kier molecular flexibility index (Phi) is 8.16. The molecule has 1 aliphatic carbocycles. The Morgan fingerprint density at radius 1 is 1.35 bits per heavy atom. The highest BCUT2D eigenvalue weighted by atomic mass is 79.9. The number of rotatable bonds is 5. The van der Waals surface area contributed by atoms with Gasteiger partial charge in [0.25, 0.3) is 0 Å². The van der Waals surface area contributed by atoms with E-state index in [2.05, 4.69) is 93.2 Å². The van der Waals surface area contributed by atoms with E-state index in [0.29, 0.717) is 0 Å². The molecule has 1 rings (SSSR count). The van der Waals surface area contributed by atoms with E-state index in [0.717, 1.165) is 9.81 Å². The van der Waals surface area contributed by atoms with Gasteiger partial charge in [0, 0.05) is 16.2 Å². The summed E-state index contributed by atoms with van der Waals surface area (Å²) in [4.78, 5) is 2.97. The summed E-state index contributed by atoms with van der Waals surface area (Å²) in [6.45, 7) is 9.00. The minimum Gasteiger partial charge on any atom is -0.131 e. The normalized spacial score (nSPS) is 26.7. The molecular formula is C17H25Br2N3Si. The Morgan fingerprint density at radius 3 is 2.43 bits per heavy atom. The molecule has 0 amide bonds. The van der Waals surface area contributed by atoms with Crippen molar-refractivity contribution in [2.24, 2.45) is 16.4 Å². The zero-order valence-corrected chi connectivity index (χ0v) is 18.5. The van der Waals surface area contributed by atoms with E-state index in [1.54, 1.807) is 0 Å². The van der Waals surface area contributed by atoms with Gasteiger partial charge in [-0.25, -0.2) is 0 Å². The van der Waals surface area contributed by atoms with Gasteiger partial charge in [0.2, 0.25) is 0 Å². The number of hydrogen-bond acceptors (Lipinski definition) is 1. The maximum atomic E-state index is 8.74. The van der Waals surface area contributed by atoms with E-state index in [9.17, 15) is 0 Å². The molecular weight excluding hydrogens is 434 g/mol. The molecule has 6 heteroatoms. The van der Waals surface area contributed by atoms with Crippen LogP contribution < -0.4 is 0 Å². The smallest absolute Gasteiger partial charge is 0.131 e. The van der Waals surface area contributed by atoms with Crippen molar-refractivity contribution < 1.29 is 0 Å². The van der Waals surface area contributed by atoms with Gasteiger partial charge in [0.05, 0.1) is 9.43 Å². The van der Waals surface area contributed by atoms with E-state index in [1.165, 1.54) is 18.1 Å². The summed E-state index contributed by atoms with van der Waals surface area (Å²) in [6.07, 6.45) is 7.01. The van der Waals surface area contributed by atoms with Crippen molar-refractivity contribution in [2.45, 2.75) is 58.3 Å². The van der Waals surface area contributed by atoms with Crippen molar-refractivity contribution >= 4 is 39.9 Å². The largest absolute Gasteiger partial charge is 0.137 e. The van der Waals surface area contributed by atoms with Gasteiger partial charge in [-0.2, -0.15) is 0 Å². The molecule has 126 valence electrons. The van der Waals surface area contributed by atoms with Crippen LogP contribution in [0.1, 0.15) is 34.1 Å². The lowest BCUT2D eigenvalue weighted by Crippen LogP contribution is -2.34. The maximum Gasteiger partial charge on any atom is 0.137 e. The maximum absolute atomic E-state index is 8.74. The van der Waals surface area contributed by atoms with Gasteiger partial charge < -0.3 is 0 Å². The molecule has 0 aromatic rings. The van der Waals surface area contributed by atoms with Crippen LogP contribution in [0.15, 0.2) is 26.7 Å². The fraction of sp³-hybridized carbons (Fsp3) is 0.647. The Balaban J connectivity index is 3.27. The van der Waals surface area contributed by atoms with Crippen LogP contribution in [0.25, 0.3) is 10.4 Å². The Labute approximate surface area is 157 Å². The number of allylic oxidation sites excluding steroid dienone is 2. The van der Waals surface area contributed by atoms with Gasteiger partial charge in [0.1, 0.15) is 8.07 Å². The highest BCUT2D eigenvalue weighted by Crippen LogP contribution is 2.41. The molecule has 3 nitrogen and oxygen atoms in total. The molecule has 0 spiro atoms. The second-order valence-corrected chi connectivity index (χ2v) is 14.1. The van der Waals surface area contributed by atoms with Gasteiger partial charge in [-0.05, 0) is 68.9 Å². The average Bonchev–Trinajstić information content (AvgIpc) is 2.52. The van der Waals surface area contributed by atoms with Crippen molar-refractivity contribution in [1.29, 1.82) is 0 Å². The van der Waals surface area contributed by atoms with Gasteiger partial charge >= 0.3 is 0 Å². The summed E-state index contributed by atoms with van der Waals surface area (Å²) >= 11 is 6.92. The van der Waals surface area contributed by atoms with Crippen molar-refractivity contribution in [3.8, 4) is 11.5 Å². The Bertz CT molecular complexity index is 568. The van der Waals surface area contributed by atoms with Crippen LogP contribution in [0.5, 0.6) is 0 Å². The standard InChI is InChI=1S/C17H25Br2N3Si/c1-5-23(6-2,7-3)11-10-17(4)13-15(21-22-20)9-8-14(17)12-16(18)19/h8-9,12,14-15H,5-7,13H2,1-4H3/t14-,15-,17-/m1/s1. The molecule has 0 fully saturated rings. The summed E-state index contributed by atoms with van der Waals surface area (Å²) in [5.74, 6) is 3.83. The summed E-state index contributed by atoms with van der Waals surface area (Å²) in [6, 6.07) is 3.48. The van der Waals surface area contributed by atoms with Crippen molar-refractivity contribution in [2.75, 3.05) is 0 Å². The average molecular weight is 459 g/mol. The lowest BCUT2D eigenvalue weighted by molar-refractivity contribution is 0.316. The van der Waals surface area contributed by atoms with Crippen LogP contribution in [0.4, 0.5) is 0 Å². The van der Waals surface area contributed by atoms with Crippen LogP contribution in [-0.2, 0) is 0 Å². The molecule has 0 aromatic heterocycles. The second kappa shape index (κ2) is 9.13. The van der Waals surface area contributed by atoms with Crippen LogP contribution in [0.3, 0.4) is 0 Å². The minimum atomic E-state index is -1.49. The predicted molar refractivity (Wildman–Crippen MR) is 109 cm³/mol. The molecule has 0 N–H and O–H groups in total. The third kappa shape index (κ3) is 5.53. The van der Waals surface area contributed by atoms with Gasteiger partial charge in [0.15, 0.2) is 0 Å². The van der Waals surface area contributed by atoms with Crippen molar-refractivity contribution in [3.63, 3.8) is 0 Å². The van der Waals surface area contributed by atoms with E-state index < -0.39 is 8.07 Å². The summed E-state index contributed by atoms with van der Waals surface area (Å²) in [5.41, 5.74) is 12.3. The fourth-order valence-corrected chi connectivity index (χ4v) is 6.20. The molecule has 0 aromatic carbocycles.